The molecule has 76 valence electrons. The third-order valence-electron chi connectivity index (χ3n) is 2.56. The van der Waals surface area contributed by atoms with Gasteiger partial charge in [0.25, 0.3) is 0 Å². The molecule has 0 aliphatic heterocycles. The molecule has 13 heavy (non-hydrogen) atoms. The zero-order valence-corrected chi connectivity index (χ0v) is 9.91. The van der Waals surface area contributed by atoms with Gasteiger partial charge in [0.2, 0.25) is 0 Å². The van der Waals surface area contributed by atoms with Gasteiger partial charge in [-0.3, -0.25) is 4.79 Å². The summed E-state index contributed by atoms with van der Waals surface area (Å²) in [5.74, 6) is -0.232. The molecule has 0 saturated heterocycles. The van der Waals surface area contributed by atoms with Gasteiger partial charge in [-0.1, -0.05) is 29.0 Å². The van der Waals surface area contributed by atoms with Gasteiger partial charge >= 0.3 is 5.97 Å². The largest absolute Gasteiger partial charge is 0.456 e. The van der Waals surface area contributed by atoms with Crippen LogP contribution in [0.15, 0.2) is 0 Å². The molecule has 0 amide bonds. The van der Waals surface area contributed by atoms with Crippen LogP contribution >= 0.6 is 22.6 Å². The van der Waals surface area contributed by atoms with Crippen LogP contribution in [-0.2, 0) is 9.53 Å². The van der Waals surface area contributed by atoms with Gasteiger partial charge in [0.15, 0.2) is 0 Å². The molecule has 1 rings (SSSR count). The van der Waals surface area contributed by atoms with E-state index in [1.807, 2.05) is 29.5 Å². The Kier molecular flexibility index (Phi) is 3.97. The van der Waals surface area contributed by atoms with Crippen molar-refractivity contribution in [2.75, 3.05) is 4.43 Å². The minimum Gasteiger partial charge on any atom is -0.456 e. The monoisotopic (exact) mass is 298 g/mol. The number of carbonyl (C=O) groups excluding carboxylic acids is 1. The number of ether oxygens (including phenoxy) is 1. The fourth-order valence-electron chi connectivity index (χ4n) is 1.69. The molecule has 0 radical (unpaired) electrons. The number of alkyl halides is 1. The lowest BCUT2D eigenvalue weighted by atomic mass is 9.83. The second-order valence-electron chi connectivity index (χ2n) is 3.68. The van der Waals surface area contributed by atoms with Crippen molar-refractivity contribution in [2.45, 2.75) is 44.3 Å². The number of hydrogen-bond acceptors (Lipinski definition) is 3. The molecule has 2 atom stereocenters. The van der Waals surface area contributed by atoms with Gasteiger partial charge in [-0.15, -0.1) is 0 Å². The topological polar surface area (TPSA) is 46.5 Å². The summed E-state index contributed by atoms with van der Waals surface area (Å²) in [6, 6.07) is 0. The van der Waals surface area contributed by atoms with Crippen LogP contribution in [0.4, 0.5) is 0 Å². The first kappa shape index (κ1) is 11.2. The number of hydrogen-bond donors (Lipinski definition) is 1. The number of rotatable bonds is 2. The standard InChI is InChI=1S/C9H15IO3/c1-9(13-8(12)6-10)5-3-2-4-7(9)11/h7,11H,2-6H2,1H3. The van der Waals surface area contributed by atoms with E-state index >= 15 is 0 Å². The number of aliphatic hydroxyl groups excluding tert-OH is 1. The van der Waals surface area contributed by atoms with E-state index in [4.69, 9.17) is 4.74 Å². The van der Waals surface area contributed by atoms with E-state index in [1.54, 1.807) is 0 Å². The molecule has 1 fully saturated rings. The van der Waals surface area contributed by atoms with Crippen LogP contribution in [0.1, 0.15) is 32.6 Å². The molecule has 3 nitrogen and oxygen atoms in total. The lowest BCUT2D eigenvalue weighted by Crippen LogP contribution is -2.46. The first-order valence-electron chi connectivity index (χ1n) is 4.54. The Morgan fingerprint density at radius 3 is 2.92 bits per heavy atom. The molecule has 0 heterocycles. The molecule has 1 saturated carbocycles. The van der Waals surface area contributed by atoms with Crippen LogP contribution in [0.25, 0.3) is 0 Å². The Morgan fingerprint density at radius 2 is 2.38 bits per heavy atom. The van der Waals surface area contributed by atoms with E-state index in [0.29, 0.717) is 4.43 Å². The van der Waals surface area contributed by atoms with Crippen molar-refractivity contribution in [3.8, 4) is 0 Å². The lowest BCUT2D eigenvalue weighted by molar-refractivity contribution is -0.172. The minimum atomic E-state index is -0.638. The molecule has 0 aromatic carbocycles. The summed E-state index contributed by atoms with van der Waals surface area (Å²) in [6.07, 6.45) is 3.08. The van der Waals surface area contributed by atoms with Crippen LogP contribution in [0.3, 0.4) is 0 Å². The van der Waals surface area contributed by atoms with Gasteiger partial charge < -0.3 is 9.84 Å². The second kappa shape index (κ2) is 4.59. The molecule has 2 unspecified atom stereocenters. The molecule has 0 bridgehead atoms. The van der Waals surface area contributed by atoms with Gasteiger partial charge in [-0.2, -0.15) is 0 Å². The van der Waals surface area contributed by atoms with Crippen molar-refractivity contribution >= 4 is 28.6 Å². The zero-order valence-electron chi connectivity index (χ0n) is 7.75. The summed E-state index contributed by atoms with van der Waals surface area (Å²) in [5.41, 5.74) is -0.638. The molecule has 0 spiro atoms. The van der Waals surface area contributed by atoms with Crippen molar-refractivity contribution in [2.24, 2.45) is 0 Å². The highest BCUT2D eigenvalue weighted by molar-refractivity contribution is 14.1. The van der Waals surface area contributed by atoms with Crippen molar-refractivity contribution in [3.63, 3.8) is 0 Å². The molecule has 1 N–H and O–H groups in total. The van der Waals surface area contributed by atoms with Crippen LogP contribution in [0.5, 0.6) is 0 Å². The van der Waals surface area contributed by atoms with Crippen LogP contribution in [0, 0.1) is 0 Å². The predicted octanol–water partition coefficient (Wildman–Crippen LogP) is 1.66. The van der Waals surface area contributed by atoms with Gasteiger partial charge in [-0.25, -0.2) is 0 Å². The molecule has 0 aromatic heterocycles. The first-order chi connectivity index (χ1) is 6.08. The molecule has 4 heteroatoms. The number of carbonyl (C=O) groups is 1. The third kappa shape index (κ3) is 2.80. The molecular formula is C9H15IO3. The van der Waals surface area contributed by atoms with E-state index in [-0.39, 0.29) is 5.97 Å². The summed E-state index contributed by atoms with van der Waals surface area (Å²) in [6.45, 7) is 1.82. The number of esters is 1. The molecule has 0 aromatic rings. The van der Waals surface area contributed by atoms with E-state index in [2.05, 4.69) is 0 Å². The summed E-state index contributed by atoms with van der Waals surface area (Å²) < 4.78 is 5.59. The summed E-state index contributed by atoms with van der Waals surface area (Å²) in [5, 5.41) is 9.69. The molecule has 1 aliphatic rings. The SMILES string of the molecule is CC1(OC(=O)CI)CCCCC1O. The van der Waals surface area contributed by atoms with Crippen LogP contribution < -0.4 is 0 Å². The van der Waals surface area contributed by atoms with E-state index in [9.17, 15) is 9.90 Å². The average molecular weight is 298 g/mol. The predicted molar refractivity (Wildman–Crippen MR) is 57.9 cm³/mol. The van der Waals surface area contributed by atoms with Crippen molar-refractivity contribution in [1.82, 2.24) is 0 Å². The van der Waals surface area contributed by atoms with E-state index < -0.39 is 11.7 Å². The Labute approximate surface area is 92.0 Å². The first-order valence-corrected chi connectivity index (χ1v) is 6.07. The third-order valence-corrected chi connectivity index (χ3v) is 3.18. The van der Waals surface area contributed by atoms with Gasteiger partial charge in [0.1, 0.15) is 5.60 Å². The van der Waals surface area contributed by atoms with Crippen LogP contribution in [0.2, 0.25) is 0 Å². The minimum absolute atomic E-state index is 0.232. The normalized spacial score (nSPS) is 34.2. The van der Waals surface area contributed by atoms with Crippen molar-refractivity contribution < 1.29 is 14.6 Å². The number of halogens is 1. The van der Waals surface area contributed by atoms with Gasteiger partial charge in [-0.05, 0) is 26.2 Å². The summed E-state index contributed by atoms with van der Waals surface area (Å²) >= 11 is 1.97. The molecule has 1 aliphatic carbocycles. The quantitative estimate of drug-likeness (QED) is 0.479. The highest BCUT2D eigenvalue weighted by Gasteiger charge is 2.38. The fraction of sp³-hybridized carbons (Fsp3) is 0.889. The van der Waals surface area contributed by atoms with Crippen molar-refractivity contribution in [3.05, 3.63) is 0 Å². The van der Waals surface area contributed by atoms with Crippen molar-refractivity contribution in [1.29, 1.82) is 0 Å². The van der Waals surface area contributed by atoms with Gasteiger partial charge in [0.05, 0.1) is 10.5 Å². The summed E-state index contributed by atoms with van der Waals surface area (Å²) in [4.78, 5) is 11.1. The Morgan fingerprint density at radius 1 is 1.69 bits per heavy atom. The maximum absolute atomic E-state index is 11.1. The van der Waals surface area contributed by atoms with Gasteiger partial charge in [0, 0.05) is 0 Å². The Hall–Kier alpha value is 0.160. The maximum Gasteiger partial charge on any atom is 0.316 e. The van der Waals surface area contributed by atoms with E-state index in [0.717, 1.165) is 25.7 Å². The Bertz CT molecular complexity index is 195. The average Bonchev–Trinajstić information content (AvgIpc) is 2.10. The van der Waals surface area contributed by atoms with Crippen LogP contribution in [-0.4, -0.2) is 27.2 Å². The number of aliphatic hydroxyl groups is 1. The fourth-order valence-corrected chi connectivity index (χ4v) is 1.85. The lowest BCUT2D eigenvalue weighted by Gasteiger charge is -2.37. The maximum atomic E-state index is 11.1. The summed E-state index contributed by atoms with van der Waals surface area (Å²) in [7, 11) is 0. The van der Waals surface area contributed by atoms with E-state index in [1.165, 1.54) is 0 Å². The Balaban J connectivity index is 2.56. The highest BCUT2D eigenvalue weighted by Crippen LogP contribution is 2.31. The highest BCUT2D eigenvalue weighted by atomic mass is 127. The molecular weight excluding hydrogens is 283 g/mol. The second-order valence-corrected chi connectivity index (χ2v) is 4.44. The zero-order chi connectivity index (χ0) is 9.90. The smallest absolute Gasteiger partial charge is 0.316 e.